The summed E-state index contributed by atoms with van der Waals surface area (Å²) >= 11 is 0. The molecule has 10 aliphatic carbocycles. The highest BCUT2D eigenvalue weighted by Gasteiger charge is 2.63. The summed E-state index contributed by atoms with van der Waals surface area (Å²) in [5.74, 6) is 6.73. The van der Waals surface area contributed by atoms with Crippen LogP contribution in [0.3, 0.4) is 0 Å². The van der Waals surface area contributed by atoms with E-state index in [1.54, 1.807) is 22.3 Å². The number of benzene rings is 7. The van der Waals surface area contributed by atoms with Gasteiger partial charge in [0.1, 0.15) is 0 Å². The Morgan fingerprint density at radius 2 is 0.746 bits per heavy atom. The molecule has 308 valence electrons. The lowest BCUT2D eigenvalue weighted by Gasteiger charge is -2.61. The smallest absolute Gasteiger partial charge is 0.0543 e. The fourth-order valence-electron chi connectivity index (χ4n) is 17.4. The van der Waals surface area contributed by atoms with Crippen LogP contribution < -0.4 is 4.90 Å². The Balaban J connectivity index is 0.912. The average molecular weight is 814 g/mol. The first-order valence-electron chi connectivity index (χ1n) is 24.7. The molecule has 0 heterocycles. The lowest BCUT2D eigenvalue weighted by Crippen LogP contribution is -2.55. The van der Waals surface area contributed by atoms with Crippen LogP contribution in [0.5, 0.6) is 0 Å². The van der Waals surface area contributed by atoms with Gasteiger partial charge >= 0.3 is 0 Å². The Hall–Kier alpha value is -5.66. The summed E-state index contributed by atoms with van der Waals surface area (Å²) in [4.78, 5) is 2.66. The molecule has 8 saturated carbocycles. The lowest BCUT2D eigenvalue weighted by molar-refractivity contribution is -0.0399. The van der Waals surface area contributed by atoms with Gasteiger partial charge in [-0.25, -0.2) is 0 Å². The van der Waals surface area contributed by atoms with Gasteiger partial charge in [-0.1, -0.05) is 133 Å². The van der Waals surface area contributed by atoms with Crippen molar-refractivity contribution in [2.45, 2.75) is 75.0 Å². The number of nitrogens with zero attached hydrogens (tertiary/aromatic N) is 1. The Bertz CT molecular complexity index is 2910. The van der Waals surface area contributed by atoms with Gasteiger partial charge in [0.2, 0.25) is 0 Å². The van der Waals surface area contributed by atoms with Gasteiger partial charge in [-0.15, -0.1) is 0 Å². The molecule has 0 aromatic heterocycles. The second-order valence-electron chi connectivity index (χ2n) is 21.7. The van der Waals surface area contributed by atoms with Crippen molar-refractivity contribution in [1.29, 1.82) is 0 Å². The third kappa shape index (κ3) is 4.74. The van der Waals surface area contributed by atoms with Gasteiger partial charge in [-0.05, 0) is 203 Å². The van der Waals surface area contributed by atoms with Gasteiger partial charge in [0.15, 0.2) is 0 Å². The summed E-state index contributed by atoms with van der Waals surface area (Å²) in [5, 5.41) is 0. The Morgan fingerprint density at radius 1 is 0.317 bits per heavy atom. The second-order valence-corrected chi connectivity index (χ2v) is 21.7. The summed E-state index contributed by atoms with van der Waals surface area (Å²) < 4.78 is 0. The molecule has 63 heavy (non-hydrogen) atoms. The molecule has 17 rings (SSSR count). The van der Waals surface area contributed by atoms with E-state index >= 15 is 0 Å². The van der Waals surface area contributed by atoms with Gasteiger partial charge < -0.3 is 4.90 Å². The summed E-state index contributed by atoms with van der Waals surface area (Å²) in [6.45, 7) is 0. The van der Waals surface area contributed by atoms with Crippen molar-refractivity contribution in [3.8, 4) is 44.5 Å². The molecule has 0 unspecified atom stereocenters. The monoisotopic (exact) mass is 813 g/mol. The lowest BCUT2D eigenvalue weighted by atomic mass is 9.43. The van der Waals surface area contributed by atoms with Gasteiger partial charge in [-0.2, -0.15) is 0 Å². The van der Waals surface area contributed by atoms with Crippen molar-refractivity contribution in [2.75, 3.05) is 4.90 Å². The van der Waals surface area contributed by atoms with Crippen LogP contribution in [0, 0.1) is 47.3 Å². The molecule has 1 heteroatoms. The van der Waals surface area contributed by atoms with E-state index in [-0.39, 0.29) is 10.8 Å². The van der Waals surface area contributed by atoms with Crippen LogP contribution in [0.1, 0.15) is 86.5 Å². The largest absolute Gasteiger partial charge is 0.310 e. The predicted molar refractivity (Wildman–Crippen MR) is 259 cm³/mol. The van der Waals surface area contributed by atoms with Crippen LogP contribution in [-0.2, 0) is 10.8 Å². The highest BCUT2D eigenvalue weighted by Crippen LogP contribution is 2.72. The van der Waals surface area contributed by atoms with E-state index in [0.717, 1.165) is 47.3 Å². The standard InChI is InChI=1S/C62H55N/c1-2-9-42(10-3-1)43-17-19-44(20-18-43)45-21-23-50(24-22-45)63(51-25-26-57-54(37-51)52-11-4-6-13-55(52)61(57)46-29-38-27-39(31-46)32-47(61)30-38)59-16-8-15-58-60(59)53-12-5-7-14-56(53)62(58)48-33-40-28-41(35-48)36-49(62)34-40/h1-26,37-41,46-49H,27-36H2. The van der Waals surface area contributed by atoms with Crippen LogP contribution in [0.2, 0.25) is 0 Å². The average Bonchev–Trinajstić information content (AvgIpc) is 3.79. The molecule has 7 aromatic rings. The van der Waals surface area contributed by atoms with Crippen LogP contribution in [0.4, 0.5) is 17.1 Å². The van der Waals surface area contributed by atoms with E-state index in [0.29, 0.717) is 0 Å². The first kappa shape index (κ1) is 35.8. The molecule has 2 spiro atoms. The molecule has 0 amide bonds. The molecule has 7 aromatic carbocycles. The Labute approximate surface area is 373 Å². The molecule has 8 bridgehead atoms. The molecule has 1 nitrogen and oxygen atoms in total. The molecule has 0 radical (unpaired) electrons. The van der Waals surface area contributed by atoms with E-state index < -0.39 is 0 Å². The van der Waals surface area contributed by atoms with E-state index in [1.807, 2.05) is 0 Å². The third-order valence-electron chi connectivity index (χ3n) is 19.0. The summed E-state index contributed by atoms with van der Waals surface area (Å²) in [5.41, 5.74) is 21.6. The fourth-order valence-corrected chi connectivity index (χ4v) is 17.4. The first-order chi connectivity index (χ1) is 31.1. The number of hydrogen-bond acceptors (Lipinski definition) is 1. The van der Waals surface area contributed by atoms with Gasteiger partial charge in [0.05, 0.1) is 5.69 Å². The predicted octanol–water partition coefficient (Wildman–Crippen LogP) is 15.9. The zero-order valence-electron chi connectivity index (χ0n) is 36.2. The molecule has 0 aliphatic heterocycles. The van der Waals surface area contributed by atoms with Gasteiger partial charge in [-0.3, -0.25) is 0 Å². The quantitative estimate of drug-likeness (QED) is 0.167. The van der Waals surface area contributed by atoms with Crippen molar-refractivity contribution in [3.63, 3.8) is 0 Å². The number of anilines is 3. The number of fused-ring (bicyclic) bond motifs is 6. The van der Waals surface area contributed by atoms with Gasteiger partial charge in [0, 0.05) is 27.8 Å². The first-order valence-corrected chi connectivity index (χ1v) is 24.7. The van der Waals surface area contributed by atoms with E-state index in [1.165, 1.54) is 126 Å². The van der Waals surface area contributed by atoms with Crippen molar-refractivity contribution >= 4 is 17.1 Å². The second kappa shape index (κ2) is 13.0. The fraction of sp³-hybridized carbons (Fsp3) is 0.323. The van der Waals surface area contributed by atoms with Crippen molar-refractivity contribution in [3.05, 3.63) is 186 Å². The SMILES string of the molecule is c1ccc(-c2ccc(-c3ccc(N(c4ccc5c(c4)-c4ccccc4C54C5CC6CC(C5)CC4C6)c4cccc5c4-c4ccccc4C54C5CC6CC(C5)CC4C6)cc3)cc2)cc1. The van der Waals surface area contributed by atoms with E-state index in [2.05, 4.69) is 169 Å². The maximum Gasteiger partial charge on any atom is 0.0543 e. The summed E-state index contributed by atoms with van der Waals surface area (Å²) in [6, 6.07) is 63.9. The summed E-state index contributed by atoms with van der Waals surface area (Å²) in [7, 11) is 0. The minimum atomic E-state index is 0.125. The van der Waals surface area contributed by atoms with Crippen molar-refractivity contribution in [2.24, 2.45) is 47.3 Å². The molecular formula is C62H55N. The maximum absolute atomic E-state index is 2.66. The molecular weight excluding hydrogens is 759 g/mol. The normalized spacial score (nSPS) is 31.6. The van der Waals surface area contributed by atoms with E-state index in [4.69, 9.17) is 0 Å². The van der Waals surface area contributed by atoms with Gasteiger partial charge in [0.25, 0.3) is 0 Å². The molecule has 0 atom stereocenters. The molecule has 0 N–H and O–H groups in total. The molecule has 10 aliphatic rings. The van der Waals surface area contributed by atoms with Crippen LogP contribution >= 0.6 is 0 Å². The zero-order chi connectivity index (χ0) is 41.0. The van der Waals surface area contributed by atoms with E-state index in [9.17, 15) is 0 Å². The molecule has 8 fully saturated rings. The zero-order valence-corrected chi connectivity index (χ0v) is 36.2. The Morgan fingerprint density at radius 3 is 1.33 bits per heavy atom. The highest BCUT2D eigenvalue weighted by molar-refractivity contribution is 5.97. The maximum atomic E-state index is 2.66. The topological polar surface area (TPSA) is 3.24 Å². The van der Waals surface area contributed by atoms with Crippen molar-refractivity contribution < 1.29 is 0 Å². The van der Waals surface area contributed by atoms with Crippen LogP contribution in [0.25, 0.3) is 44.5 Å². The van der Waals surface area contributed by atoms with Crippen LogP contribution in [0.15, 0.2) is 164 Å². The highest BCUT2D eigenvalue weighted by atomic mass is 15.1. The number of hydrogen-bond donors (Lipinski definition) is 0. The summed E-state index contributed by atoms with van der Waals surface area (Å²) in [6.07, 6.45) is 14.2. The minimum Gasteiger partial charge on any atom is -0.310 e. The number of rotatable bonds is 5. The minimum absolute atomic E-state index is 0.125. The van der Waals surface area contributed by atoms with Crippen molar-refractivity contribution in [1.82, 2.24) is 0 Å². The molecule has 0 saturated heterocycles. The Kier molecular flexibility index (Phi) is 7.36. The van der Waals surface area contributed by atoms with Crippen LogP contribution in [-0.4, -0.2) is 0 Å². The third-order valence-corrected chi connectivity index (χ3v) is 19.0.